The van der Waals surface area contributed by atoms with Gasteiger partial charge in [0.15, 0.2) is 6.29 Å². The van der Waals surface area contributed by atoms with Gasteiger partial charge in [0.05, 0.1) is 32.0 Å². The van der Waals surface area contributed by atoms with Crippen molar-refractivity contribution in [2.45, 2.75) is 301 Å². The number of hydrogen-bond donors (Lipinski definition) is 6. The van der Waals surface area contributed by atoms with Gasteiger partial charge in [0.2, 0.25) is 5.91 Å². The fourth-order valence-corrected chi connectivity index (χ4v) is 9.00. The number of aliphatic hydroxyl groups excluding tert-OH is 5. The summed E-state index contributed by atoms with van der Waals surface area (Å²) in [5.41, 5.74) is 0. The van der Waals surface area contributed by atoms with Crippen molar-refractivity contribution in [2.75, 3.05) is 19.8 Å². The molecule has 0 bridgehead atoms. The molecule has 7 unspecified atom stereocenters. The lowest BCUT2D eigenvalue weighted by Gasteiger charge is -2.40. The van der Waals surface area contributed by atoms with Crippen LogP contribution in [0.1, 0.15) is 258 Å². The quantitative estimate of drug-likeness (QED) is 0.0196. The summed E-state index contributed by atoms with van der Waals surface area (Å²) in [7, 11) is 0. The number of aliphatic hydroxyl groups is 5. The smallest absolute Gasteiger partial charge is 0.305 e. The Morgan fingerprint density at radius 3 is 1.43 bits per heavy atom. The van der Waals surface area contributed by atoms with Crippen molar-refractivity contribution in [2.24, 2.45) is 0 Å². The normalized spacial score (nSPS) is 19.6. The number of carbonyl (C=O) groups excluding carboxylic acids is 2. The van der Waals surface area contributed by atoms with E-state index >= 15 is 0 Å². The van der Waals surface area contributed by atoms with Crippen LogP contribution in [0.3, 0.4) is 0 Å². The molecule has 1 aliphatic heterocycles. The summed E-state index contributed by atoms with van der Waals surface area (Å²) < 4.78 is 16.6. The molecule has 1 aliphatic rings. The molecule has 6 N–H and O–H groups in total. The van der Waals surface area contributed by atoms with Crippen molar-refractivity contribution in [3.05, 3.63) is 36.5 Å². The topological polar surface area (TPSA) is 175 Å². The van der Waals surface area contributed by atoms with Crippen LogP contribution in [0.4, 0.5) is 0 Å². The average molecular weight is 978 g/mol. The summed E-state index contributed by atoms with van der Waals surface area (Å²) >= 11 is 0. The molecule has 0 aromatic rings. The van der Waals surface area contributed by atoms with Gasteiger partial charge < -0.3 is 45.1 Å². The van der Waals surface area contributed by atoms with E-state index in [2.05, 4.69) is 30.5 Å². The average Bonchev–Trinajstić information content (AvgIpc) is 3.34. The van der Waals surface area contributed by atoms with E-state index in [-0.39, 0.29) is 18.5 Å². The maximum absolute atomic E-state index is 13.0. The fourth-order valence-electron chi connectivity index (χ4n) is 9.00. The van der Waals surface area contributed by atoms with Crippen LogP contribution in [0, 0.1) is 0 Å². The van der Waals surface area contributed by atoms with Crippen LogP contribution in [0.25, 0.3) is 0 Å². The molecule has 1 heterocycles. The molecule has 0 aromatic carbocycles. The summed E-state index contributed by atoms with van der Waals surface area (Å²) in [5.74, 6) is -0.203. The third-order valence-corrected chi connectivity index (χ3v) is 13.6. The first kappa shape index (κ1) is 64.9. The molecule has 404 valence electrons. The lowest BCUT2D eigenvalue weighted by molar-refractivity contribution is -0.302. The molecule has 1 amide bonds. The Morgan fingerprint density at radius 2 is 0.971 bits per heavy atom. The predicted octanol–water partition coefficient (Wildman–Crippen LogP) is 12.7. The summed E-state index contributed by atoms with van der Waals surface area (Å²) in [4.78, 5) is 25.0. The molecule has 11 heteroatoms. The van der Waals surface area contributed by atoms with Gasteiger partial charge in [-0.1, -0.05) is 230 Å². The third kappa shape index (κ3) is 38.2. The first-order valence-electron chi connectivity index (χ1n) is 28.7. The highest BCUT2D eigenvalue weighted by Gasteiger charge is 2.44. The monoisotopic (exact) mass is 978 g/mol. The van der Waals surface area contributed by atoms with Crippen LogP contribution in [-0.4, -0.2) is 100 Å². The van der Waals surface area contributed by atoms with Gasteiger partial charge >= 0.3 is 5.97 Å². The highest BCUT2D eigenvalue weighted by Crippen LogP contribution is 2.23. The fraction of sp³-hybridized carbons (Fsp3) is 0.862. The molecular weight excluding hydrogens is 871 g/mol. The van der Waals surface area contributed by atoms with Crippen molar-refractivity contribution in [3.63, 3.8) is 0 Å². The van der Waals surface area contributed by atoms with E-state index in [9.17, 15) is 35.1 Å². The highest BCUT2D eigenvalue weighted by molar-refractivity contribution is 5.76. The summed E-state index contributed by atoms with van der Waals surface area (Å²) in [6, 6.07) is -0.833. The number of hydrogen-bond acceptors (Lipinski definition) is 10. The van der Waals surface area contributed by atoms with Crippen LogP contribution in [0.15, 0.2) is 36.5 Å². The van der Waals surface area contributed by atoms with Crippen molar-refractivity contribution in [1.29, 1.82) is 0 Å². The van der Waals surface area contributed by atoms with E-state index in [1.165, 1.54) is 167 Å². The van der Waals surface area contributed by atoms with E-state index in [0.29, 0.717) is 19.4 Å². The first-order chi connectivity index (χ1) is 33.7. The number of rotatable bonds is 49. The zero-order chi connectivity index (χ0) is 50.3. The van der Waals surface area contributed by atoms with E-state index in [1.54, 1.807) is 6.08 Å². The zero-order valence-electron chi connectivity index (χ0n) is 44.3. The second kappa shape index (κ2) is 48.2. The lowest BCUT2D eigenvalue weighted by Crippen LogP contribution is -2.60. The minimum absolute atomic E-state index is 0.00280. The molecule has 7 atom stereocenters. The van der Waals surface area contributed by atoms with Gasteiger partial charge in [0.25, 0.3) is 0 Å². The van der Waals surface area contributed by atoms with Crippen LogP contribution in [-0.2, 0) is 23.8 Å². The van der Waals surface area contributed by atoms with Gasteiger partial charge in [-0.3, -0.25) is 9.59 Å². The maximum Gasteiger partial charge on any atom is 0.305 e. The van der Waals surface area contributed by atoms with Gasteiger partial charge in [0.1, 0.15) is 24.4 Å². The van der Waals surface area contributed by atoms with E-state index < -0.39 is 49.5 Å². The summed E-state index contributed by atoms with van der Waals surface area (Å²) in [6.07, 6.45) is 48.4. The number of allylic oxidation sites excluding steroid dienone is 5. The SMILES string of the molecule is C/C=C/CC/C=C/CC/C=C/C(O)C(COC1OC(CO)C(O)C(O)C1O)NC(=O)CCCCCCCCCCCCCCCCCCCCCCCOC(=O)CCCCCCCCCCCCC. The maximum atomic E-state index is 13.0. The van der Waals surface area contributed by atoms with Crippen LogP contribution in [0.2, 0.25) is 0 Å². The number of unbranched alkanes of at least 4 members (excludes halogenated alkanes) is 32. The molecule has 0 spiro atoms. The Kier molecular flexibility index (Phi) is 45.3. The number of nitrogens with one attached hydrogen (secondary N) is 1. The van der Waals surface area contributed by atoms with Gasteiger partial charge in [-0.2, -0.15) is 0 Å². The van der Waals surface area contributed by atoms with Crippen LogP contribution in [0.5, 0.6) is 0 Å². The number of ether oxygens (including phenoxy) is 3. The van der Waals surface area contributed by atoms with E-state index in [4.69, 9.17) is 14.2 Å². The Hall–Kier alpha value is -2.12. The molecule has 11 nitrogen and oxygen atoms in total. The second-order valence-electron chi connectivity index (χ2n) is 20.0. The molecule has 0 aliphatic carbocycles. The minimum atomic E-state index is -1.58. The van der Waals surface area contributed by atoms with Crippen molar-refractivity contribution < 1.29 is 49.3 Å². The second-order valence-corrected chi connectivity index (χ2v) is 20.0. The molecule has 1 rings (SSSR count). The van der Waals surface area contributed by atoms with Crippen molar-refractivity contribution >= 4 is 11.9 Å². The minimum Gasteiger partial charge on any atom is -0.466 e. The van der Waals surface area contributed by atoms with Gasteiger partial charge in [-0.05, 0) is 51.9 Å². The Balaban J connectivity index is 2.02. The molecule has 69 heavy (non-hydrogen) atoms. The number of carbonyl (C=O) groups is 2. The molecule has 0 saturated carbocycles. The highest BCUT2D eigenvalue weighted by atomic mass is 16.7. The van der Waals surface area contributed by atoms with Gasteiger partial charge in [-0.15, -0.1) is 0 Å². The summed E-state index contributed by atoms with van der Waals surface area (Å²) in [6.45, 7) is 4.08. The Labute approximate surface area is 422 Å². The molecule has 1 saturated heterocycles. The van der Waals surface area contributed by atoms with E-state index in [1.807, 2.05) is 19.1 Å². The number of amides is 1. The van der Waals surface area contributed by atoms with Crippen LogP contribution >= 0.6 is 0 Å². The molecule has 0 radical (unpaired) electrons. The van der Waals surface area contributed by atoms with Crippen molar-refractivity contribution in [1.82, 2.24) is 5.32 Å². The predicted molar refractivity (Wildman–Crippen MR) is 283 cm³/mol. The first-order valence-corrected chi connectivity index (χ1v) is 28.7. The van der Waals surface area contributed by atoms with Gasteiger partial charge in [-0.25, -0.2) is 0 Å². The Morgan fingerprint density at radius 1 is 0.551 bits per heavy atom. The molecular formula is C58H107NO10. The standard InChI is InChI=1S/C58H107NO10/c1-3-5-7-9-11-13-25-30-34-38-42-46-54(63)67-47-43-39-35-31-27-24-22-20-18-16-14-15-17-19-21-23-26-29-33-37-41-45-53(62)59-50(51(61)44-40-36-32-28-12-10-8-6-4-2)49-68-58-57(66)56(65)55(64)52(48-60)69-58/h4,6,12,28,40,44,50-52,55-58,60-61,64-66H,3,5,7-11,13-27,29-39,41-43,45-49H2,1-2H3,(H,59,62)/b6-4+,28-12+,44-40+. The lowest BCUT2D eigenvalue weighted by atomic mass is 9.99. The summed E-state index contributed by atoms with van der Waals surface area (Å²) in [5, 5.41) is 54.1. The Bertz CT molecular complexity index is 1240. The zero-order valence-corrected chi connectivity index (χ0v) is 44.3. The largest absolute Gasteiger partial charge is 0.466 e. The van der Waals surface area contributed by atoms with Gasteiger partial charge in [0, 0.05) is 12.8 Å². The third-order valence-electron chi connectivity index (χ3n) is 13.6. The van der Waals surface area contributed by atoms with Crippen LogP contribution < -0.4 is 5.32 Å². The van der Waals surface area contributed by atoms with E-state index in [0.717, 1.165) is 64.2 Å². The molecule has 0 aromatic heterocycles. The van der Waals surface area contributed by atoms with Crippen molar-refractivity contribution in [3.8, 4) is 0 Å². The molecule has 1 fully saturated rings. The number of esters is 1.